The van der Waals surface area contributed by atoms with Crippen molar-refractivity contribution in [3.8, 4) is 23.2 Å². The molecule has 5 rings (SSSR count). The van der Waals surface area contributed by atoms with E-state index in [4.69, 9.17) is 4.74 Å². The van der Waals surface area contributed by atoms with Gasteiger partial charge in [-0.3, -0.25) is 9.71 Å². The first kappa shape index (κ1) is 23.9. The van der Waals surface area contributed by atoms with Gasteiger partial charge in [0.25, 0.3) is 10.0 Å². The van der Waals surface area contributed by atoms with Crippen LogP contribution in [0.15, 0.2) is 102 Å². The molecule has 1 N–H and O–H groups in total. The number of nitrogens with one attached hydrogen (secondary N) is 1. The van der Waals surface area contributed by atoms with Crippen molar-refractivity contribution in [3.63, 3.8) is 0 Å². The number of ether oxygens (including phenoxy) is 1. The first-order valence-electron chi connectivity index (χ1n) is 11.2. The number of sulfonamides is 1. The minimum absolute atomic E-state index is 0.0117. The molecule has 0 unspecified atom stereocenters. The van der Waals surface area contributed by atoms with Gasteiger partial charge < -0.3 is 4.74 Å². The van der Waals surface area contributed by atoms with E-state index >= 15 is 0 Å². The molecule has 0 bridgehead atoms. The van der Waals surface area contributed by atoms with Crippen molar-refractivity contribution in [1.29, 1.82) is 5.26 Å². The average Bonchev–Trinajstić information content (AvgIpc) is 2.93. The van der Waals surface area contributed by atoms with Crippen molar-refractivity contribution in [3.05, 3.63) is 114 Å². The quantitative estimate of drug-likeness (QED) is 0.302. The van der Waals surface area contributed by atoms with E-state index in [-0.39, 0.29) is 34.3 Å². The maximum Gasteiger partial charge on any atom is 0.261 e. The van der Waals surface area contributed by atoms with E-state index < -0.39 is 15.8 Å². The molecular weight excluding hydrogens is 491 g/mol. The van der Waals surface area contributed by atoms with Crippen LogP contribution in [0.25, 0.3) is 22.2 Å². The minimum atomic E-state index is -3.99. The smallest absolute Gasteiger partial charge is 0.261 e. The molecule has 0 radical (unpaired) electrons. The van der Waals surface area contributed by atoms with E-state index in [2.05, 4.69) is 14.7 Å². The highest BCUT2D eigenvalue weighted by molar-refractivity contribution is 7.92. The number of benzene rings is 3. The second-order valence-electron chi connectivity index (χ2n) is 8.10. The first-order valence-corrected chi connectivity index (χ1v) is 12.7. The van der Waals surface area contributed by atoms with Crippen LogP contribution in [-0.2, 0) is 16.6 Å². The number of nitrogens with zero attached hydrogens (tertiary/aromatic N) is 3. The summed E-state index contributed by atoms with van der Waals surface area (Å²) in [6.07, 6.45) is 1.68. The maximum atomic E-state index is 13.6. The lowest BCUT2D eigenvalue weighted by Gasteiger charge is -2.15. The number of aromatic nitrogens is 2. The monoisotopic (exact) mass is 510 g/mol. The number of para-hydroxylation sites is 1. The molecule has 2 aromatic heterocycles. The van der Waals surface area contributed by atoms with Crippen LogP contribution in [0.4, 0.5) is 10.1 Å². The van der Waals surface area contributed by atoms with Crippen molar-refractivity contribution in [2.75, 3.05) is 4.72 Å². The highest BCUT2D eigenvalue weighted by Crippen LogP contribution is 2.33. The van der Waals surface area contributed by atoms with Crippen LogP contribution in [0.2, 0.25) is 0 Å². The lowest BCUT2D eigenvalue weighted by atomic mass is 10.1. The molecule has 0 saturated heterocycles. The molecule has 2 heterocycles. The second-order valence-corrected chi connectivity index (χ2v) is 9.78. The summed E-state index contributed by atoms with van der Waals surface area (Å²) in [7, 11) is -3.99. The third kappa shape index (κ3) is 5.24. The van der Waals surface area contributed by atoms with E-state index in [1.807, 2.05) is 36.4 Å². The summed E-state index contributed by atoms with van der Waals surface area (Å²) in [6.45, 7) is 0.0808. The number of fused-ring (bicyclic) bond motifs is 1. The van der Waals surface area contributed by atoms with Gasteiger partial charge in [0.2, 0.25) is 5.88 Å². The number of hydrogen-bond acceptors (Lipinski definition) is 6. The second kappa shape index (κ2) is 10.0. The van der Waals surface area contributed by atoms with Crippen LogP contribution < -0.4 is 9.46 Å². The Bertz CT molecular complexity index is 1740. The minimum Gasteiger partial charge on any atom is -0.472 e. The van der Waals surface area contributed by atoms with Crippen LogP contribution in [0.3, 0.4) is 0 Å². The summed E-state index contributed by atoms with van der Waals surface area (Å²) in [5.74, 6) is -0.443. The number of hydrogen-bond donors (Lipinski definition) is 1. The Balaban J connectivity index is 1.53. The van der Waals surface area contributed by atoms with Gasteiger partial charge in [0.05, 0.1) is 21.8 Å². The summed E-state index contributed by atoms with van der Waals surface area (Å²) in [5.41, 5.74) is 2.33. The Hall–Kier alpha value is -4.81. The topological polar surface area (TPSA) is 105 Å². The molecule has 3 aromatic carbocycles. The molecule has 0 spiro atoms. The van der Waals surface area contributed by atoms with E-state index in [0.717, 1.165) is 16.5 Å². The number of nitriles is 1. The number of rotatable bonds is 7. The third-order valence-electron chi connectivity index (χ3n) is 5.55. The molecule has 7 nitrogen and oxygen atoms in total. The molecule has 5 aromatic rings. The summed E-state index contributed by atoms with van der Waals surface area (Å²) in [4.78, 5) is 8.94. The van der Waals surface area contributed by atoms with E-state index in [1.54, 1.807) is 24.4 Å². The molecular formula is C28H19FN4O3S. The molecule has 37 heavy (non-hydrogen) atoms. The lowest BCUT2D eigenvalue weighted by Crippen LogP contribution is -2.14. The number of pyridine rings is 2. The zero-order valence-corrected chi connectivity index (χ0v) is 20.1. The summed E-state index contributed by atoms with van der Waals surface area (Å²) < 4.78 is 48.1. The normalized spacial score (nSPS) is 11.1. The van der Waals surface area contributed by atoms with Gasteiger partial charge in [0.15, 0.2) is 0 Å². The highest BCUT2D eigenvalue weighted by Gasteiger charge is 2.21. The molecule has 0 aliphatic heterocycles. The molecule has 0 saturated carbocycles. The fourth-order valence-corrected chi connectivity index (χ4v) is 4.82. The fourth-order valence-electron chi connectivity index (χ4n) is 3.74. The van der Waals surface area contributed by atoms with Crippen LogP contribution in [0, 0.1) is 17.1 Å². The average molecular weight is 511 g/mol. The van der Waals surface area contributed by atoms with Crippen molar-refractivity contribution in [1.82, 2.24) is 9.97 Å². The predicted octanol–water partition coefficient (Wildman–Crippen LogP) is 5.69. The molecule has 0 atom stereocenters. The molecule has 0 fully saturated rings. The van der Waals surface area contributed by atoms with Gasteiger partial charge in [0, 0.05) is 22.7 Å². The fraction of sp³-hybridized carbons (Fsp3) is 0.0357. The van der Waals surface area contributed by atoms with Gasteiger partial charge in [0.1, 0.15) is 24.1 Å². The highest BCUT2D eigenvalue weighted by atomic mass is 32.2. The first-order chi connectivity index (χ1) is 17.9. The van der Waals surface area contributed by atoms with Gasteiger partial charge in [-0.25, -0.2) is 17.8 Å². The molecule has 0 aliphatic rings. The molecule has 9 heteroatoms. The summed E-state index contributed by atoms with van der Waals surface area (Å²) in [5, 5.41) is 10.7. The van der Waals surface area contributed by atoms with Gasteiger partial charge in [-0.2, -0.15) is 5.26 Å². The summed E-state index contributed by atoms with van der Waals surface area (Å²) in [6, 6.07) is 26.2. The Morgan fingerprint density at radius 2 is 1.68 bits per heavy atom. The SMILES string of the molecule is N#Cc1cc(NS(=O)(=O)c2ccccc2)c(-c2ccc(F)cc2)nc1OCc1cnc2ccccc2c1. The zero-order valence-electron chi connectivity index (χ0n) is 19.3. The van der Waals surface area contributed by atoms with Gasteiger partial charge in [-0.15, -0.1) is 0 Å². The molecule has 0 aliphatic carbocycles. The van der Waals surface area contributed by atoms with Crippen molar-refractivity contribution >= 4 is 26.6 Å². The van der Waals surface area contributed by atoms with E-state index in [9.17, 15) is 18.1 Å². The Morgan fingerprint density at radius 1 is 0.946 bits per heavy atom. The standard InChI is InChI=1S/C28H19FN4O3S/c29-23-12-10-20(11-13-23)27-26(33-37(34,35)24-7-2-1-3-8-24)15-22(16-30)28(32-27)36-18-19-14-21-6-4-5-9-25(21)31-17-19/h1-15,17,33H,18H2. The van der Waals surface area contributed by atoms with Crippen molar-refractivity contribution in [2.45, 2.75) is 11.5 Å². The van der Waals surface area contributed by atoms with Gasteiger partial charge in [-0.05, 0) is 54.6 Å². The molecule has 0 amide bonds. The van der Waals surface area contributed by atoms with Crippen LogP contribution in [0.5, 0.6) is 5.88 Å². The van der Waals surface area contributed by atoms with Crippen LogP contribution >= 0.6 is 0 Å². The molecule has 182 valence electrons. The predicted molar refractivity (Wildman–Crippen MR) is 138 cm³/mol. The van der Waals surface area contributed by atoms with Gasteiger partial charge in [-0.1, -0.05) is 36.4 Å². The zero-order chi connectivity index (χ0) is 25.8. The Morgan fingerprint density at radius 3 is 2.43 bits per heavy atom. The van der Waals surface area contributed by atoms with Gasteiger partial charge >= 0.3 is 0 Å². The Kier molecular flexibility index (Phi) is 6.49. The third-order valence-corrected chi connectivity index (χ3v) is 6.93. The van der Waals surface area contributed by atoms with Crippen LogP contribution in [0.1, 0.15) is 11.1 Å². The van der Waals surface area contributed by atoms with Crippen molar-refractivity contribution in [2.24, 2.45) is 0 Å². The summed E-state index contributed by atoms with van der Waals surface area (Å²) >= 11 is 0. The number of anilines is 1. The van der Waals surface area contributed by atoms with E-state index in [0.29, 0.717) is 5.56 Å². The largest absolute Gasteiger partial charge is 0.472 e. The van der Waals surface area contributed by atoms with E-state index in [1.165, 1.54) is 42.5 Å². The lowest BCUT2D eigenvalue weighted by molar-refractivity contribution is 0.293. The maximum absolute atomic E-state index is 13.6. The van der Waals surface area contributed by atoms with Crippen molar-refractivity contribution < 1.29 is 17.5 Å². The Labute approximate surface area is 212 Å². The van der Waals surface area contributed by atoms with Crippen LogP contribution in [-0.4, -0.2) is 18.4 Å². The number of halogens is 1.